The Balaban J connectivity index is 4.60. The van der Waals surface area contributed by atoms with E-state index >= 15 is 0 Å². The Hall–Kier alpha value is -1.35. The van der Waals surface area contributed by atoms with Gasteiger partial charge in [0.15, 0.2) is 0 Å². The van der Waals surface area contributed by atoms with E-state index in [1.165, 1.54) is 13.8 Å². The average Bonchev–Trinajstić information content (AvgIpc) is 1.99. The molecule has 94 valence electrons. The maximum atomic E-state index is 11.4. The molecular formula is C7H16N4O4S. The predicted molar refractivity (Wildman–Crippen MR) is 58.2 cm³/mol. The molecule has 0 aliphatic heterocycles. The Bertz CT molecular complexity index is 376. The minimum Gasteiger partial charge on any atom is -0.449 e. The number of nitrogens with two attached hydrogens (primary N) is 1. The van der Waals surface area contributed by atoms with E-state index in [1.807, 2.05) is 4.72 Å². The monoisotopic (exact) mass is 252 g/mol. The summed E-state index contributed by atoms with van der Waals surface area (Å²) < 4.78 is 30.8. The van der Waals surface area contributed by atoms with Gasteiger partial charge in [-0.25, -0.2) is 9.52 Å². The second kappa shape index (κ2) is 5.12. The number of hydrogen-bond acceptors (Lipinski definition) is 5. The molecule has 0 rings (SSSR count). The second-order valence-electron chi connectivity index (χ2n) is 3.47. The van der Waals surface area contributed by atoms with E-state index in [2.05, 4.69) is 4.74 Å². The number of amides is 1. The highest BCUT2D eigenvalue weighted by molar-refractivity contribution is 7.88. The first-order valence-corrected chi connectivity index (χ1v) is 5.92. The van der Waals surface area contributed by atoms with E-state index in [0.717, 1.165) is 0 Å². The van der Waals surface area contributed by atoms with Gasteiger partial charge in [0.25, 0.3) is 0 Å². The minimum atomic E-state index is -4.10. The van der Waals surface area contributed by atoms with Crippen molar-refractivity contribution in [1.29, 1.82) is 5.41 Å². The van der Waals surface area contributed by atoms with E-state index in [-0.39, 0.29) is 12.4 Å². The standard InChI is InChI=1S/C7H16N4O4S/c1-4-15-6(12)10-16(13,14)11-7(2,3)5(8)9/h11H,4H2,1-3H3,(H3,8,9)(H,10,12). The summed E-state index contributed by atoms with van der Waals surface area (Å²) in [5.74, 6) is -0.373. The van der Waals surface area contributed by atoms with Gasteiger partial charge >= 0.3 is 16.3 Å². The van der Waals surface area contributed by atoms with Gasteiger partial charge in [-0.1, -0.05) is 0 Å². The first-order valence-electron chi connectivity index (χ1n) is 4.43. The maximum absolute atomic E-state index is 11.4. The van der Waals surface area contributed by atoms with E-state index in [4.69, 9.17) is 11.1 Å². The number of hydrogen-bond donors (Lipinski definition) is 4. The molecule has 5 N–H and O–H groups in total. The molecule has 0 heterocycles. The summed E-state index contributed by atoms with van der Waals surface area (Å²) in [6, 6.07) is 0. The number of rotatable bonds is 5. The van der Waals surface area contributed by atoms with Crippen LogP contribution in [0.4, 0.5) is 4.79 Å². The Morgan fingerprint density at radius 2 is 2.00 bits per heavy atom. The van der Waals surface area contributed by atoms with Gasteiger partial charge in [-0.15, -0.1) is 0 Å². The topological polar surface area (TPSA) is 134 Å². The molecule has 0 saturated heterocycles. The highest BCUT2D eigenvalue weighted by atomic mass is 32.2. The van der Waals surface area contributed by atoms with Crippen molar-refractivity contribution in [1.82, 2.24) is 9.44 Å². The molecule has 1 amide bonds. The van der Waals surface area contributed by atoms with Gasteiger partial charge < -0.3 is 10.5 Å². The van der Waals surface area contributed by atoms with Crippen LogP contribution in [-0.4, -0.2) is 32.5 Å². The van der Waals surface area contributed by atoms with E-state index in [9.17, 15) is 13.2 Å². The molecule has 0 fully saturated rings. The lowest BCUT2D eigenvalue weighted by Gasteiger charge is -2.23. The van der Waals surface area contributed by atoms with Crippen LogP contribution in [0.25, 0.3) is 0 Å². The van der Waals surface area contributed by atoms with Crippen molar-refractivity contribution in [2.45, 2.75) is 26.3 Å². The van der Waals surface area contributed by atoms with Crippen molar-refractivity contribution < 1.29 is 17.9 Å². The maximum Gasteiger partial charge on any atom is 0.421 e. The molecular weight excluding hydrogens is 236 g/mol. The molecule has 0 aliphatic carbocycles. The normalized spacial score (nSPS) is 11.9. The minimum absolute atomic E-state index is 0.0530. The number of ether oxygens (including phenoxy) is 1. The lowest BCUT2D eigenvalue weighted by molar-refractivity contribution is 0.158. The first kappa shape index (κ1) is 14.6. The van der Waals surface area contributed by atoms with E-state index < -0.39 is 21.8 Å². The summed E-state index contributed by atoms with van der Waals surface area (Å²) in [6.07, 6.45) is -1.09. The van der Waals surface area contributed by atoms with Crippen molar-refractivity contribution in [2.24, 2.45) is 5.73 Å². The summed E-state index contributed by atoms with van der Waals surface area (Å²) in [6.45, 7) is 4.37. The molecule has 0 unspecified atom stereocenters. The third kappa shape index (κ3) is 4.94. The number of carbonyl (C=O) groups excluding carboxylic acids is 1. The van der Waals surface area contributed by atoms with Crippen molar-refractivity contribution >= 4 is 22.1 Å². The fourth-order valence-corrected chi connectivity index (χ4v) is 1.80. The van der Waals surface area contributed by atoms with Gasteiger partial charge in [-0.3, -0.25) is 5.41 Å². The Morgan fingerprint density at radius 3 is 2.38 bits per heavy atom. The van der Waals surface area contributed by atoms with Crippen molar-refractivity contribution in [2.75, 3.05) is 6.61 Å². The fraction of sp³-hybridized carbons (Fsp3) is 0.714. The van der Waals surface area contributed by atoms with Crippen LogP contribution in [0.3, 0.4) is 0 Å². The molecule has 16 heavy (non-hydrogen) atoms. The lowest BCUT2D eigenvalue weighted by atomic mass is 10.1. The average molecular weight is 252 g/mol. The number of amidine groups is 1. The zero-order chi connectivity index (χ0) is 13.0. The third-order valence-corrected chi connectivity index (χ3v) is 2.77. The van der Waals surface area contributed by atoms with E-state index in [1.54, 1.807) is 11.6 Å². The van der Waals surface area contributed by atoms with Crippen LogP contribution in [0, 0.1) is 5.41 Å². The molecule has 0 aromatic carbocycles. The molecule has 0 aromatic heterocycles. The van der Waals surface area contributed by atoms with Crippen LogP contribution in [0.1, 0.15) is 20.8 Å². The molecule has 0 bridgehead atoms. The molecule has 0 atom stereocenters. The molecule has 0 radical (unpaired) electrons. The van der Waals surface area contributed by atoms with Crippen LogP contribution < -0.4 is 15.2 Å². The van der Waals surface area contributed by atoms with Crippen molar-refractivity contribution in [3.05, 3.63) is 0 Å². The molecule has 8 nitrogen and oxygen atoms in total. The lowest BCUT2D eigenvalue weighted by Crippen LogP contribution is -2.56. The van der Waals surface area contributed by atoms with Gasteiger partial charge in [0.1, 0.15) is 5.84 Å². The van der Waals surface area contributed by atoms with Gasteiger partial charge in [-0.2, -0.15) is 13.1 Å². The summed E-state index contributed by atoms with van der Waals surface area (Å²) in [5.41, 5.74) is 3.90. The number of nitrogens with one attached hydrogen (secondary N) is 3. The molecule has 0 saturated carbocycles. The van der Waals surface area contributed by atoms with Gasteiger partial charge in [0.2, 0.25) is 0 Å². The van der Waals surface area contributed by atoms with Gasteiger partial charge in [-0.05, 0) is 20.8 Å². The number of carbonyl (C=O) groups is 1. The Labute approximate surface area is 94.2 Å². The molecule has 0 aliphatic rings. The Morgan fingerprint density at radius 1 is 1.50 bits per heavy atom. The molecule has 9 heteroatoms. The fourth-order valence-electron chi connectivity index (χ4n) is 0.687. The van der Waals surface area contributed by atoms with E-state index in [0.29, 0.717) is 0 Å². The van der Waals surface area contributed by atoms with Gasteiger partial charge in [0.05, 0.1) is 12.1 Å². The Kier molecular flexibility index (Phi) is 4.69. The van der Waals surface area contributed by atoms with Crippen molar-refractivity contribution in [3.63, 3.8) is 0 Å². The predicted octanol–water partition coefficient (Wildman–Crippen LogP) is -0.719. The van der Waals surface area contributed by atoms with Crippen LogP contribution in [0.5, 0.6) is 0 Å². The zero-order valence-corrected chi connectivity index (χ0v) is 10.1. The van der Waals surface area contributed by atoms with Crippen LogP contribution in [0.15, 0.2) is 0 Å². The molecule has 0 aromatic rings. The van der Waals surface area contributed by atoms with Crippen molar-refractivity contribution in [3.8, 4) is 0 Å². The van der Waals surface area contributed by atoms with Gasteiger partial charge in [0, 0.05) is 0 Å². The zero-order valence-electron chi connectivity index (χ0n) is 9.33. The SMILES string of the molecule is CCOC(=O)NS(=O)(=O)NC(C)(C)C(=N)N. The van der Waals surface area contributed by atoms with Crippen LogP contribution in [0.2, 0.25) is 0 Å². The summed E-state index contributed by atoms with van der Waals surface area (Å²) in [4.78, 5) is 10.9. The highest BCUT2D eigenvalue weighted by Crippen LogP contribution is 2.02. The summed E-state index contributed by atoms with van der Waals surface area (Å²) in [5, 5.41) is 7.15. The largest absolute Gasteiger partial charge is 0.449 e. The van der Waals surface area contributed by atoms with Crippen LogP contribution >= 0.6 is 0 Å². The summed E-state index contributed by atoms with van der Waals surface area (Å²) >= 11 is 0. The highest BCUT2D eigenvalue weighted by Gasteiger charge is 2.29. The smallest absolute Gasteiger partial charge is 0.421 e. The first-order chi connectivity index (χ1) is 7.10. The van der Waals surface area contributed by atoms with Crippen LogP contribution in [-0.2, 0) is 14.9 Å². The summed E-state index contributed by atoms with van der Waals surface area (Å²) in [7, 11) is -4.10. The quantitative estimate of drug-likeness (QED) is 0.378. The third-order valence-electron chi connectivity index (χ3n) is 1.56. The molecule has 0 spiro atoms. The second-order valence-corrected chi connectivity index (χ2v) is 4.88.